The van der Waals surface area contributed by atoms with Crippen LogP contribution in [-0.2, 0) is 6.61 Å². The Labute approximate surface area is 125 Å². The molecule has 1 N–H and O–H groups in total. The van der Waals surface area contributed by atoms with Crippen molar-refractivity contribution in [3.8, 4) is 5.75 Å². The van der Waals surface area contributed by atoms with E-state index in [2.05, 4.69) is 4.98 Å². The average molecular weight is 312 g/mol. The molecule has 0 saturated heterocycles. The molecule has 0 aliphatic heterocycles. The van der Waals surface area contributed by atoms with Crippen LogP contribution in [0.5, 0.6) is 5.75 Å². The van der Waals surface area contributed by atoms with Crippen LogP contribution in [0.1, 0.15) is 21.6 Å². The van der Waals surface area contributed by atoms with E-state index in [-0.39, 0.29) is 28.0 Å². The number of hydrogen-bond acceptors (Lipinski definition) is 3. The van der Waals surface area contributed by atoms with Gasteiger partial charge in [-0.05, 0) is 30.7 Å². The third-order valence-electron chi connectivity index (χ3n) is 2.71. The fraction of sp³-hybridized carbons (Fsp3) is 0.143. The van der Waals surface area contributed by atoms with Crippen molar-refractivity contribution in [1.82, 2.24) is 4.98 Å². The molecule has 0 atom stereocenters. The number of rotatable bonds is 4. The summed E-state index contributed by atoms with van der Waals surface area (Å²) in [4.78, 5) is 15.4. The van der Waals surface area contributed by atoms with E-state index in [1.54, 1.807) is 6.20 Å². The van der Waals surface area contributed by atoms with Crippen LogP contribution in [0.2, 0.25) is 10.0 Å². The normalized spacial score (nSPS) is 10.3. The molecule has 0 fully saturated rings. The van der Waals surface area contributed by atoms with Crippen LogP contribution in [0.15, 0.2) is 30.5 Å². The second-order valence-corrected chi connectivity index (χ2v) is 4.97. The van der Waals surface area contributed by atoms with Gasteiger partial charge in [0, 0.05) is 11.2 Å². The highest BCUT2D eigenvalue weighted by Crippen LogP contribution is 2.33. The molecule has 1 heterocycles. The van der Waals surface area contributed by atoms with Gasteiger partial charge in [-0.3, -0.25) is 4.98 Å². The Bertz CT molecular complexity index is 659. The zero-order chi connectivity index (χ0) is 14.7. The monoisotopic (exact) mass is 311 g/mol. The van der Waals surface area contributed by atoms with Crippen LogP contribution in [-0.4, -0.2) is 16.1 Å². The summed E-state index contributed by atoms with van der Waals surface area (Å²) in [5, 5.41) is 9.55. The lowest BCUT2D eigenvalue weighted by Gasteiger charge is -2.12. The molecule has 0 spiro atoms. The minimum absolute atomic E-state index is 0.0731. The Morgan fingerprint density at radius 2 is 2.15 bits per heavy atom. The number of carbonyl (C=O) groups is 1. The zero-order valence-corrected chi connectivity index (χ0v) is 12.1. The van der Waals surface area contributed by atoms with Gasteiger partial charge in [-0.25, -0.2) is 4.79 Å². The first-order valence-corrected chi connectivity index (χ1v) is 6.50. The van der Waals surface area contributed by atoms with Gasteiger partial charge in [-0.15, -0.1) is 0 Å². The minimum atomic E-state index is -1.15. The number of aromatic nitrogens is 1. The number of nitrogens with zero attached hydrogens (tertiary/aromatic N) is 1. The van der Waals surface area contributed by atoms with Crippen LogP contribution in [0.3, 0.4) is 0 Å². The standard InChI is InChI=1S/C14H11Cl2NO3/c1-8-3-2-4-17-12(8)7-20-13-10(14(18)19)5-9(15)6-11(13)16/h2-6H,7H2,1H3,(H,18,19). The topological polar surface area (TPSA) is 59.4 Å². The maximum Gasteiger partial charge on any atom is 0.339 e. The van der Waals surface area contributed by atoms with Crippen molar-refractivity contribution < 1.29 is 14.6 Å². The van der Waals surface area contributed by atoms with Crippen molar-refractivity contribution in [2.45, 2.75) is 13.5 Å². The van der Waals surface area contributed by atoms with Crippen molar-refractivity contribution in [2.24, 2.45) is 0 Å². The van der Waals surface area contributed by atoms with E-state index in [9.17, 15) is 4.79 Å². The molecule has 20 heavy (non-hydrogen) atoms. The fourth-order valence-corrected chi connectivity index (χ4v) is 2.22. The third kappa shape index (κ3) is 3.21. The molecule has 2 rings (SSSR count). The van der Waals surface area contributed by atoms with Crippen LogP contribution >= 0.6 is 23.2 Å². The van der Waals surface area contributed by atoms with E-state index in [0.717, 1.165) is 11.3 Å². The van der Waals surface area contributed by atoms with Gasteiger partial charge in [0.2, 0.25) is 0 Å². The molecule has 0 unspecified atom stereocenters. The lowest BCUT2D eigenvalue weighted by atomic mass is 10.2. The maximum atomic E-state index is 11.2. The van der Waals surface area contributed by atoms with Gasteiger partial charge in [-0.2, -0.15) is 0 Å². The minimum Gasteiger partial charge on any atom is -0.485 e. The summed E-state index contributed by atoms with van der Waals surface area (Å²) in [5.74, 6) is -1.06. The first kappa shape index (κ1) is 14.6. The average Bonchev–Trinajstić information content (AvgIpc) is 2.38. The van der Waals surface area contributed by atoms with Crippen molar-refractivity contribution >= 4 is 29.2 Å². The Balaban J connectivity index is 2.30. The summed E-state index contributed by atoms with van der Waals surface area (Å²) < 4.78 is 5.52. The molecule has 4 nitrogen and oxygen atoms in total. The van der Waals surface area contributed by atoms with Crippen LogP contribution in [0.25, 0.3) is 0 Å². The summed E-state index contributed by atoms with van der Waals surface area (Å²) >= 11 is 11.8. The number of aryl methyl sites for hydroxylation is 1. The van der Waals surface area contributed by atoms with Gasteiger partial charge in [0.05, 0.1) is 10.7 Å². The molecular formula is C14H11Cl2NO3. The van der Waals surface area contributed by atoms with E-state index in [1.165, 1.54) is 12.1 Å². The molecule has 0 bridgehead atoms. The lowest BCUT2D eigenvalue weighted by molar-refractivity contribution is 0.0691. The van der Waals surface area contributed by atoms with E-state index >= 15 is 0 Å². The summed E-state index contributed by atoms with van der Waals surface area (Å²) in [5.41, 5.74) is 1.60. The van der Waals surface area contributed by atoms with E-state index in [1.807, 2.05) is 19.1 Å². The third-order valence-corrected chi connectivity index (χ3v) is 3.21. The van der Waals surface area contributed by atoms with Crippen molar-refractivity contribution in [3.05, 3.63) is 57.3 Å². The Kier molecular flexibility index (Phi) is 4.47. The largest absolute Gasteiger partial charge is 0.485 e. The summed E-state index contributed by atoms with van der Waals surface area (Å²) in [6.07, 6.45) is 1.65. The predicted molar refractivity (Wildman–Crippen MR) is 76.7 cm³/mol. The predicted octanol–water partition coefficient (Wildman–Crippen LogP) is 3.97. The Morgan fingerprint density at radius 3 is 2.80 bits per heavy atom. The van der Waals surface area contributed by atoms with Crippen LogP contribution < -0.4 is 4.74 Å². The number of halogens is 2. The summed E-state index contributed by atoms with van der Waals surface area (Å²) in [7, 11) is 0. The van der Waals surface area contributed by atoms with Crippen LogP contribution in [0.4, 0.5) is 0 Å². The highest BCUT2D eigenvalue weighted by Gasteiger charge is 2.17. The smallest absolute Gasteiger partial charge is 0.339 e. The quantitative estimate of drug-likeness (QED) is 0.928. The summed E-state index contributed by atoms with van der Waals surface area (Å²) in [6, 6.07) is 6.45. The molecule has 0 aliphatic rings. The first-order chi connectivity index (χ1) is 9.49. The molecule has 2 aromatic rings. The highest BCUT2D eigenvalue weighted by molar-refractivity contribution is 6.36. The molecule has 0 radical (unpaired) electrons. The number of carboxylic acid groups (broad SMARTS) is 1. The fourth-order valence-electron chi connectivity index (χ4n) is 1.68. The van der Waals surface area contributed by atoms with Crippen molar-refractivity contribution in [2.75, 3.05) is 0 Å². The maximum absolute atomic E-state index is 11.2. The number of hydrogen-bond donors (Lipinski definition) is 1. The van der Waals surface area contributed by atoms with E-state index < -0.39 is 5.97 Å². The molecule has 1 aromatic carbocycles. The highest BCUT2D eigenvalue weighted by atomic mass is 35.5. The van der Waals surface area contributed by atoms with Gasteiger partial charge >= 0.3 is 5.97 Å². The van der Waals surface area contributed by atoms with Gasteiger partial charge in [-0.1, -0.05) is 29.3 Å². The molecular weight excluding hydrogens is 301 g/mol. The Morgan fingerprint density at radius 1 is 1.40 bits per heavy atom. The number of pyridine rings is 1. The number of ether oxygens (including phenoxy) is 1. The molecule has 0 saturated carbocycles. The number of carboxylic acids is 1. The number of benzene rings is 1. The lowest BCUT2D eigenvalue weighted by Crippen LogP contribution is -2.06. The van der Waals surface area contributed by atoms with Gasteiger partial charge in [0.15, 0.2) is 5.75 Å². The second kappa shape index (κ2) is 6.11. The van der Waals surface area contributed by atoms with Crippen molar-refractivity contribution in [3.63, 3.8) is 0 Å². The second-order valence-electron chi connectivity index (χ2n) is 4.13. The molecule has 104 valence electrons. The van der Waals surface area contributed by atoms with Gasteiger partial charge in [0.1, 0.15) is 12.2 Å². The van der Waals surface area contributed by atoms with Crippen LogP contribution in [0, 0.1) is 6.92 Å². The molecule has 0 aliphatic carbocycles. The van der Waals surface area contributed by atoms with Crippen molar-refractivity contribution in [1.29, 1.82) is 0 Å². The number of aromatic carboxylic acids is 1. The van der Waals surface area contributed by atoms with E-state index in [0.29, 0.717) is 0 Å². The Hall–Kier alpha value is -1.78. The molecule has 1 aromatic heterocycles. The SMILES string of the molecule is Cc1cccnc1COc1c(Cl)cc(Cl)cc1C(=O)O. The van der Waals surface area contributed by atoms with Gasteiger partial charge in [0.25, 0.3) is 0 Å². The van der Waals surface area contributed by atoms with Gasteiger partial charge < -0.3 is 9.84 Å². The molecule has 0 amide bonds. The summed E-state index contributed by atoms with van der Waals surface area (Å²) in [6.45, 7) is 2.03. The molecule has 6 heteroatoms. The first-order valence-electron chi connectivity index (χ1n) is 5.74. The van der Waals surface area contributed by atoms with E-state index in [4.69, 9.17) is 33.0 Å². The zero-order valence-electron chi connectivity index (χ0n) is 10.6.